The van der Waals surface area contributed by atoms with E-state index >= 15 is 0 Å². The molecule has 5 rings (SSSR count). The molecule has 0 bridgehead atoms. The summed E-state index contributed by atoms with van der Waals surface area (Å²) in [6, 6.07) is 6.80. The van der Waals surface area contributed by atoms with Crippen molar-refractivity contribution in [3.8, 4) is 17.1 Å². The summed E-state index contributed by atoms with van der Waals surface area (Å²) >= 11 is 0. The van der Waals surface area contributed by atoms with Crippen molar-refractivity contribution in [3.63, 3.8) is 0 Å². The molecular formula is C23H23N9O2. The summed E-state index contributed by atoms with van der Waals surface area (Å²) in [4.78, 5) is 36.3. The maximum absolute atomic E-state index is 11.5. The molecule has 1 aliphatic heterocycles. The van der Waals surface area contributed by atoms with E-state index in [1.165, 1.54) is 6.20 Å². The van der Waals surface area contributed by atoms with Crippen LogP contribution in [0, 0.1) is 0 Å². The van der Waals surface area contributed by atoms with E-state index in [-0.39, 0.29) is 0 Å². The van der Waals surface area contributed by atoms with Crippen LogP contribution >= 0.6 is 0 Å². The van der Waals surface area contributed by atoms with Gasteiger partial charge in [-0.15, -0.1) is 0 Å². The highest BCUT2D eigenvalue weighted by Crippen LogP contribution is 2.34. The van der Waals surface area contributed by atoms with Gasteiger partial charge in [-0.2, -0.15) is 0 Å². The molecule has 0 saturated carbocycles. The summed E-state index contributed by atoms with van der Waals surface area (Å²) < 4.78 is 5.57. The van der Waals surface area contributed by atoms with Crippen LogP contribution in [0.5, 0.6) is 5.75 Å². The van der Waals surface area contributed by atoms with Crippen LogP contribution in [0.1, 0.15) is 10.4 Å². The lowest BCUT2D eigenvalue weighted by atomic mass is 10.2. The number of fused-ring (bicyclic) bond motifs is 1. The van der Waals surface area contributed by atoms with Crippen molar-refractivity contribution in [3.05, 3.63) is 54.6 Å². The number of rotatable bonds is 6. The fourth-order valence-corrected chi connectivity index (χ4v) is 3.85. The molecule has 0 spiro atoms. The number of carbonyl (C=O) groups is 1. The lowest BCUT2D eigenvalue weighted by Gasteiger charge is -2.29. The van der Waals surface area contributed by atoms with Gasteiger partial charge < -0.3 is 26.0 Å². The maximum atomic E-state index is 11.5. The minimum Gasteiger partial charge on any atom is -0.494 e. The summed E-state index contributed by atoms with van der Waals surface area (Å²) in [7, 11) is 1.62. The Morgan fingerprint density at radius 1 is 1.09 bits per heavy atom. The van der Waals surface area contributed by atoms with Gasteiger partial charge in [0.15, 0.2) is 5.82 Å². The van der Waals surface area contributed by atoms with E-state index in [1.807, 2.05) is 12.1 Å². The number of hydrogen-bond donors (Lipinski definition) is 3. The molecule has 0 radical (unpaired) electrons. The third-order valence-corrected chi connectivity index (χ3v) is 5.51. The first kappa shape index (κ1) is 21.5. The topological polar surface area (TPSA) is 144 Å². The number of anilines is 3. The predicted molar refractivity (Wildman–Crippen MR) is 128 cm³/mol. The van der Waals surface area contributed by atoms with Crippen molar-refractivity contribution < 1.29 is 9.53 Å². The van der Waals surface area contributed by atoms with E-state index in [1.54, 1.807) is 37.8 Å². The van der Waals surface area contributed by atoms with Crippen molar-refractivity contribution in [2.75, 3.05) is 43.5 Å². The number of primary amides is 1. The van der Waals surface area contributed by atoms with Crippen molar-refractivity contribution in [2.24, 2.45) is 5.73 Å². The smallest absolute Gasteiger partial charge is 0.248 e. The molecule has 11 heteroatoms. The summed E-state index contributed by atoms with van der Waals surface area (Å²) in [5, 5.41) is 7.31. The van der Waals surface area contributed by atoms with E-state index in [2.05, 4.69) is 30.5 Å². The zero-order chi connectivity index (χ0) is 23.5. The van der Waals surface area contributed by atoms with Gasteiger partial charge in [-0.3, -0.25) is 9.78 Å². The molecule has 0 unspecified atom stereocenters. The second kappa shape index (κ2) is 9.24. The first-order chi connectivity index (χ1) is 16.6. The summed E-state index contributed by atoms with van der Waals surface area (Å²) in [6.45, 7) is 3.38. The fourth-order valence-electron chi connectivity index (χ4n) is 3.85. The number of hydrogen-bond acceptors (Lipinski definition) is 10. The fraction of sp³-hybridized carbons (Fsp3) is 0.217. The van der Waals surface area contributed by atoms with Crippen LogP contribution in [-0.2, 0) is 0 Å². The first-order valence-corrected chi connectivity index (χ1v) is 10.8. The van der Waals surface area contributed by atoms with E-state index < -0.39 is 5.91 Å². The first-order valence-electron chi connectivity index (χ1n) is 10.8. The Kier molecular flexibility index (Phi) is 5.83. The Bertz CT molecular complexity index is 1360. The SMILES string of the molecule is COc1cncc2nc(-c3ccnc(Nc4cc(C(N)=O)ccn4)c3)nc(N3CCNCC3)c12. The maximum Gasteiger partial charge on any atom is 0.248 e. The minimum atomic E-state index is -0.527. The van der Waals surface area contributed by atoms with Gasteiger partial charge in [-0.25, -0.2) is 19.9 Å². The number of ether oxygens (including phenoxy) is 1. The number of aromatic nitrogens is 5. The quantitative estimate of drug-likeness (QED) is 0.391. The number of nitrogens with zero attached hydrogens (tertiary/aromatic N) is 6. The summed E-state index contributed by atoms with van der Waals surface area (Å²) in [5.41, 5.74) is 7.19. The highest BCUT2D eigenvalue weighted by atomic mass is 16.5. The summed E-state index contributed by atoms with van der Waals surface area (Å²) in [6.07, 6.45) is 6.57. The number of piperazine rings is 1. The van der Waals surface area contributed by atoms with Gasteiger partial charge in [0, 0.05) is 49.7 Å². The normalized spacial score (nSPS) is 13.6. The standard InChI is InChI=1S/C23H23N9O2/c1-34-17-13-26-12-16-20(17)23(32-8-6-25-7-9-32)31-22(29-16)15-3-5-28-19(11-15)30-18-10-14(21(24)33)2-4-27-18/h2-5,10-13,25H,6-9H2,1H3,(H2,24,33)(H,27,28,30). The molecule has 172 valence electrons. The molecule has 0 aliphatic carbocycles. The van der Waals surface area contributed by atoms with Gasteiger partial charge in [-0.05, 0) is 24.3 Å². The molecule has 0 atom stereocenters. The van der Waals surface area contributed by atoms with Crippen LogP contribution in [-0.4, -0.2) is 64.1 Å². The largest absolute Gasteiger partial charge is 0.494 e. The molecule has 11 nitrogen and oxygen atoms in total. The third-order valence-electron chi connectivity index (χ3n) is 5.51. The van der Waals surface area contributed by atoms with Crippen molar-refractivity contribution in [2.45, 2.75) is 0 Å². The van der Waals surface area contributed by atoms with Crippen LogP contribution in [0.2, 0.25) is 0 Å². The number of methoxy groups -OCH3 is 1. The molecule has 34 heavy (non-hydrogen) atoms. The van der Waals surface area contributed by atoms with Crippen molar-refractivity contribution in [1.29, 1.82) is 0 Å². The number of nitrogens with one attached hydrogen (secondary N) is 2. The van der Waals surface area contributed by atoms with Crippen LogP contribution < -0.4 is 26.0 Å². The van der Waals surface area contributed by atoms with Gasteiger partial charge >= 0.3 is 0 Å². The van der Waals surface area contributed by atoms with Gasteiger partial charge in [0.25, 0.3) is 0 Å². The molecule has 1 amide bonds. The van der Waals surface area contributed by atoms with E-state index in [0.29, 0.717) is 34.3 Å². The molecule has 0 aromatic carbocycles. The zero-order valence-corrected chi connectivity index (χ0v) is 18.5. The monoisotopic (exact) mass is 457 g/mol. The number of carbonyl (C=O) groups excluding carboxylic acids is 1. The van der Waals surface area contributed by atoms with Crippen LogP contribution in [0.15, 0.2) is 49.1 Å². The van der Waals surface area contributed by atoms with Crippen LogP contribution in [0.3, 0.4) is 0 Å². The average Bonchev–Trinajstić information content (AvgIpc) is 2.88. The van der Waals surface area contributed by atoms with Gasteiger partial charge in [0.1, 0.15) is 23.2 Å². The lowest BCUT2D eigenvalue weighted by Crippen LogP contribution is -2.44. The molecule has 1 fully saturated rings. The minimum absolute atomic E-state index is 0.355. The highest BCUT2D eigenvalue weighted by molar-refractivity contribution is 5.96. The molecule has 4 N–H and O–H groups in total. The van der Waals surface area contributed by atoms with E-state index in [4.69, 9.17) is 20.4 Å². The Labute approximate surface area is 195 Å². The van der Waals surface area contributed by atoms with E-state index in [0.717, 1.165) is 42.9 Å². The van der Waals surface area contributed by atoms with Crippen molar-refractivity contribution in [1.82, 2.24) is 30.2 Å². The predicted octanol–water partition coefficient (Wildman–Crippen LogP) is 1.74. The van der Waals surface area contributed by atoms with Gasteiger partial charge in [-0.1, -0.05) is 0 Å². The van der Waals surface area contributed by atoms with Gasteiger partial charge in [0.2, 0.25) is 5.91 Å². The number of nitrogens with two attached hydrogens (primary N) is 1. The lowest BCUT2D eigenvalue weighted by molar-refractivity contribution is 0.1000. The molecule has 4 aromatic heterocycles. The second-order valence-corrected chi connectivity index (χ2v) is 7.69. The summed E-state index contributed by atoms with van der Waals surface area (Å²) in [5.74, 6) is 2.44. The number of amides is 1. The van der Waals surface area contributed by atoms with Gasteiger partial charge in [0.05, 0.1) is 30.4 Å². The molecule has 1 saturated heterocycles. The molecule has 4 aromatic rings. The molecule has 1 aliphatic rings. The number of pyridine rings is 3. The van der Waals surface area contributed by atoms with E-state index in [9.17, 15) is 4.79 Å². The molecular weight excluding hydrogens is 434 g/mol. The Morgan fingerprint density at radius 2 is 1.85 bits per heavy atom. The Morgan fingerprint density at radius 3 is 2.62 bits per heavy atom. The third kappa shape index (κ3) is 4.28. The second-order valence-electron chi connectivity index (χ2n) is 7.69. The van der Waals surface area contributed by atoms with Crippen LogP contribution in [0.4, 0.5) is 17.5 Å². The van der Waals surface area contributed by atoms with Crippen molar-refractivity contribution >= 4 is 34.3 Å². The zero-order valence-electron chi connectivity index (χ0n) is 18.5. The van der Waals surface area contributed by atoms with Crippen LogP contribution in [0.25, 0.3) is 22.3 Å². The Balaban J connectivity index is 1.55. The Hall–Kier alpha value is -4.38. The molecule has 5 heterocycles. The average molecular weight is 457 g/mol. The highest BCUT2D eigenvalue weighted by Gasteiger charge is 2.20.